The lowest BCUT2D eigenvalue weighted by Crippen LogP contribution is -2.44. The summed E-state index contributed by atoms with van der Waals surface area (Å²) < 4.78 is 6.87. The molecule has 0 saturated carbocycles. The number of benzene rings is 1. The number of fused-ring (bicyclic) bond motifs is 1. The van der Waals surface area contributed by atoms with Crippen LogP contribution in [-0.4, -0.2) is 45.1 Å². The maximum Gasteiger partial charge on any atom is 0.231 e. The minimum Gasteiger partial charge on any atom is -0.497 e. The van der Waals surface area contributed by atoms with Crippen molar-refractivity contribution in [1.82, 2.24) is 25.0 Å². The van der Waals surface area contributed by atoms with Gasteiger partial charge in [0.05, 0.1) is 37.4 Å². The Morgan fingerprint density at radius 3 is 2.71 bits per heavy atom. The minimum absolute atomic E-state index is 0.0257. The minimum atomic E-state index is -0.520. The molecular weight excluding hydrogens is 394 g/mol. The fourth-order valence-corrected chi connectivity index (χ4v) is 3.78. The van der Waals surface area contributed by atoms with Crippen molar-refractivity contribution in [3.05, 3.63) is 77.4 Å². The van der Waals surface area contributed by atoms with E-state index >= 15 is 0 Å². The zero-order valence-corrected chi connectivity index (χ0v) is 17.6. The summed E-state index contributed by atoms with van der Waals surface area (Å²) in [4.78, 5) is 32.0. The van der Waals surface area contributed by atoms with Crippen LogP contribution in [0.25, 0.3) is 0 Å². The molecule has 2 amide bonds. The lowest BCUT2D eigenvalue weighted by Gasteiger charge is -2.31. The number of ether oxygens (including phenoxy) is 1. The summed E-state index contributed by atoms with van der Waals surface area (Å²) in [5.74, 6) is 0.0436. The van der Waals surface area contributed by atoms with E-state index in [4.69, 9.17) is 4.74 Å². The molecule has 3 aromatic rings. The number of carbonyl (C=O) groups excluding carboxylic acids is 2. The van der Waals surface area contributed by atoms with Crippen LogP contribution < -0.4 is 10.1 Å². The highest BCUT2D eigenvalue weighted by Crippen LogP contribution is 2.28. The quantitative estimate of drug-likeness (QED) is 0.658. The molecule has 0 fully saturated rings. The normalized spacial score (nSPS) is 15.3. The molecular formula is C23H25N5O3. The molecule has 0 unspecified atom stereocenters. The summed E-state index contributed by atoms with van der Waals surface area (Å²) in [5, 5.41) is 7.43. The number of nitrogens with one attached hydrogen (secondary N) is 1. The van der Waals surface area contributed by atoms with Crippen LogP contribution >= 0.6 is 0 Å². The largest absolute Gasteiger partial charge is 0.497 e. The first-order valence-corrected chi connectivity index (χ1v) is 10.1. The summed E-state index contributed by atoms with van der Waals surface area (Å²) in [5.41, 5.74) is 3.31. The van der Waals surface area contributed by atoms with Crippen molar-refractivity contribution >= 4 is 11.8 Å². The Kier molecular flexibility index (Phi) is 5.97. The standard InChI is InChI=1S/C23H25N5O3/c1-27-13-17-14-28(21(29)11-16-6-8-19(31-2)9-7-16)15-20(22(17)26-27)23(30)25-12-18-5-3-4-10-24-18/h3-10,13,20H,11-12,14-15H2,1-2H3,(H,25,30)/t20-/m0/s1. The molecule has 1 aliphatic rings. The Labute approximate surface area is 180 Å². The first-order chi connectivity index (χ1) is 15.0. The number of aryl methyl sites for hydroxylation is 1. The fraction of sp³-hybridized carbons (Fsp3) is 0.304. The van der Waals surface area contributed by atoms with Gasteiger partial charge in [-0.05, 0) is 29.8 Å². The van der Waals surface area contributed by atoms with Gasteiger partial charge >= 0.3 is 0 Å². The average Bonchev–Trinajstić information content (AvgIpc) is 3.18. The lowest BCUT2D eigenvalue weighted by atomic mass is 9.95. The third-order valence-electron chi connectivity index (χ3n) is 5.38. The van der Waals surface area contributed by atoms with Crippen LogP contribution in [0.2, 0.25) is 0 Å². The van der Waals surface area contributed by atoms with Gasteiger partial charge in [0.1, 0.15) is 5.75 Å². The zero-order valence-electron chi connectivity index (χ0n) is 17.6. The Bertz CT molecular complexity index is 1060. The van der Waals surface area contributed by atoms with Gasteiger partial charge in [-0.2, -0.15) is 5.10 Å². The van der Waals surface area contributed by atoms with Gasteiger partial charge in [0.25, 0.3) is 0 Å². The second-order valence-corrected chi connectivity index (χ2v) is 7.60. The van der Waals surface area contributed by atoms with Gasteiger partial charge in [-0.3, -0.25) is 19.3 Å². The third kappa shape index (κ3) is 4.74. The average molecular weight is 419 g/mol. The van der Waals surface area contributed by atoms with Crippen LogP contribution in [0.1, 0.15) is 28.4 Å². The molecule has 8 nitrogen and oxygen atoms in total. The van der Waals surface area contributed by atoms with Crippen molar-refractivity contribution < 1.29 is 14.3 Å². The van der Waals surface area contributed by atoms with Crippen LogP contribution in [0.15, 0.2) is 54.9 Å². The summed E-state index contributed by atoms with van der Waals surface area (Å²) >= 11 is 0. The van der Waals surface area contributed by atoms with Gasteiger partial charge in [-0.15, -0.1) is 0 Å². The Balaban J connectivity index is 1.47. The van der Waals surface area contributed by atoms with Gasteiger partial charge in [-0.25, -0.2) is 0 Å². The summed E-state index contributed by atoms with van der Waals surface area (Å²) in [6.07, 6.45) is 3.83. The number of rotatable bonds is 6. The van der Waals surface area contributed by atoms with Crippen molar-refractivity contribution in [3.63, 3.8) is 0 Å². The number of amides is 2. The first kappa shape index (κ1) is 20.6. The van der Waals surface area contributed by atoms with Gasteiger partial charge in [0.2, 0.25) is 11.8 Å². The Morgan fingerprint density at radius 2 is 2.00 bits per heavy atom. The third-order valence-corrected chi connectivity index (χ3v) is 5.38. The fourth-order valence-electron chi connectivity index (χ4n) is 3.78. The number of nitrogens with zero attached hydrogens (tertiary/aromatic N) is 4. The number of pyridine rings is 1. The molecule has 0 radical (unpaired) electrons. The van der Waals surface area contributed by atoms with Crippen LogP contribution in [0.3, 0.4) is 0 Å². The summed E-state index contributed by atoms with van der Waals surface area (Å²) in [6.45, 7) is 1.08. The van der Waals surface area contributed by atoms with Gasteiger partial charge in [-0.1, -0.05) is 18.2 Å². The molecule has 8 heteroatoms. The van der Waals surface area contributed by atoms with Crippen LogP contribution in [0.5, 0.6) is 5.75 Å². The van der Waals surface area contributed by atoms with E-state index in [1.165, 1.54) is 0 Å². The van der Waals surface area contributed by atoms with E-state index in [1.54, 1.807) is 22.9 Å². The maximum absolute atomic E-state index is 13.0. The summed E-state index contributed by atoms with van der Waals surface area (Å²) in [7, 11) is 3.43. The number of hydrogen-bond donors (Lipinski definition) is 1. The van der Waals surface area contributed by atoms with Crippen molar-refractivity contribution in [2.45, 2.75) is 25.4 Å². The number of aromatic nitrogens is 3. The molecule has 1 aromatic carbocycles. The van der Waals surface area contributed by atoms with Crippen LogP contribution in [-0.2, 0) is 36.1 Å². The Morgan fingerprint density at radius 1 is 1.19 bits per heavy atom. The molecule has 0 saturated heterocycles. The lowest BCUT2D eigenvalue weighted by molar-refractivity contribution is -0.133. The highest BCUT2D eigenvalue weighted by Gasteiger charge is 2.35. The zero-order chi connectivity index (χ0) is 21.8. The van der Waals surface area contributed by atoms with E-state index in [1.807, 2.05) is 55.7 Å². The molecule has 1 aliphatic heterocycles. The first-order valence-electron chi connectivity index (χ1n) is 10.1. The molecule has 0 spiro atoms. The van der Waals surface area contributed by atoms with Crippen LogP contribution in [0, 0.1) is 0 Å². The number of carbonyl (C=O) groups is 2. The SMILES string of the molecule is COc1ccc(CC(=O)N2Cc3cn(C)nc3[C@@H](C(=O)NCc3ccccn3)C2)cc1. The molecule has 31 heavy (non-hydrogen) atoms. The number of hydrogen-bond acceptors (Lipinski definition) is 5. The van der Waals surface area contributed by atoms with E-state index in [9.17, 15) is 9.59 Å². The molecule has 2 aromatic heterocycles. The van der Waals surface area contributed by atoms with Gasteiger partial charge in [0.15, 0.2) is 0 Å². The van der Waals surface area contributed by atoms with E-state index in [0.29, 0.717) is 19.6 Å². The van der Waals surface area contributed by atoms with E-state index in [0.717, 1.165) is 28.3 Å². The van der Waals surface area contributed by atoms with Crippen molar-refractivity contribution in [2.75, 3.05) is 13.7 Å². The van der Waals surface area contributed by atoms with Crippen molar-refractivity contribution in [2.24, 2.45) is 7.05 Å². The molecule has 3 heterocycles. The second kappa shape index (κ2) is 8.99. The predicted molar refractivity (Wildman–Crippen MR) is 114 cm³/mol. The monoisotopic (exact) mass is 419 g/mol. The molecule has 0 bridgehead atoms. The van der Waals surface area contributed by atoms with E-state index in [2.05, 4.69) is 15.4 Å². The Hall–Kier alpha value is -3.68. The predicted octanol–water partition coefficient (Wildman–Crippen LogP) is 1.81. The highest BCUT2D eigenvalue weighted by molar-refractivity contribution is 5.86. The highest BCUT2D eigenvalue weighted by atomic mass is 16.5. The van der Waals surface area contributed by atoms with Crippen LogP contribution in [0.4, 0.5) is 0 Å². The van der Waals surface area contributed by atoms with Gasteiger partial charge < -0.3 is 15.0 Å². The number of methoxy groups -OCH3 is 1. The molecule has 1 atom stereocenters. The maximum atomic E-state index is 13.0. The summed E-state index contributed by atoms with van der Waals surface area (Å²) in [6, 6.07) is 13.0. The van der Waals surface area contributed by atoms with E-state index in [-0.39, 0.29) is 18.2 Å². The van der Waals surface area contributed by atoms with Crippen molar-refractivity contribution in [3.8, 4) is 5.75 Å². The molecule has 4 rings (SSSR count). The second-order valence-electron chi connectivity index (χ2n) is 7.60. The topological polar surface area (TPSA) is 89.4 Å². The van der Waals surface area contributed by atoms with E-state index < -0.39 is 5.92 Å². The molecule has 0 aliphatic carbocycles. The van der Waals surface area contributed by atoms with Crippen molar-refractivity contribution in [1.29, 1.82) is 0 Å². The molecule has 1 N–H and O–H groups in total. The molecule has 160 valence electrons. The smallest absolute Gasteiger partial charge is 0.231 e. The van der Waals surface area contributed by atoms with Gasteiger partial charge in [0, 0.05) is 38.1 Å².